The van der Waals surface area contributed by atoms with Crippen LogP contribution in [-0.2, 0) is 4.79 Å². The Labute approximate surface area is 111 Å². The van der Waals surface area contributed by atoms with Crippen molar-refractivity contribution in [1.29, 1.82) is 0 Å². The SMILES string of the molecule is CC1CCCC(C=O)(CN2CCC(CCO)C2)C1. The first-order valence-corrected chi connectivity index (χ1v) is 7.47. The van der Waals surface area contributed by atoms with E-state index >= 15 is 0 Å². The molecular formula is C15H27NO2. The van der Waals surface area contributed by atoms with Crippen LogP contribution in [0.2, 0.25) is 0 Å². The summed E-state index contributed by atoms with van der Waals surface area (Å²) in [7, 11) is 0. The maximum Gasteiger partial charge on any atom is 0.127 e. The van der Waals surface area contributed by atoms with E-state index in [0.717, 1.165) is 38.9 Å². The minimum Gasteiger partial charge on any atom is -0.396 e. The molecule has 1 saturated heterocycles. The van der Waals surface area contributed by atoms with Gasteiger partial charge in [0, 0.05) is 25.1 Å². The van der Waals surface area contributed by atoms with Crippen LogP contribution in [0.1, 0.15) is 45.4 Å². The average Bonchev–Trinajstić information content (AvgIpc) is 2.77. The topological polar surface area (TPSA) is 40.5 Å². The van der Waals surface area contributed by atoms with Gasteiger partial charge in [0.2, 0.25) is 0 Å². The van der Waals surface area contributed by atoms with Gasteiger partial charge in [0.05, 0.1) is 0 Å². The molecule has 104 valence electrons. The van der Waals surface area contributed by atoms with E-state index in [0.29, 0.717) is 18.4 Å². The summed E-state index contributed by atoms with van der Waals surface area (Å²) in [4.78, 5) is 14.0. The summed E-state index contributed by atoms with van der Waals surface area (Å²) in [5.74, 6) is 1.33. The van der Waals surface area contributed by atoms with Crippen molar-refractivity contribution in [3.05, 3.63) is 0 Å². The molecule has 1 saturated carbocycles. The molecule has 0 amide bonds. The maximum atomic E-state index is 11.6. The number of carbonyl (C=O) groups is 1. The van der Waals surface area contributed by atoms with E-state index in [1.54, 1.807) is 0 Å². The Morgan fingerprint density at radius 3 is 2.94 bits per heavy atom. The van der Waals surface area contributed by atoms with Gasteiger partial charge in [-0.05, 0) is 44.1 Å². The van der Waals surface area contributed by atoms with Crippen LogP contribution < -0.4 is 0 Å². The van der Waals surface area contributed by atoms with Crippen LogP contribution in [0.5, 0.6) is 0 Å². The molecule has 0 spiro atoms. The molecule has 1 aliphatic heterocycles. The molecule has 0 aromatic carbocycles. The first-order chi connectivity index (χ1) is 8.67. The zero-order valence-corrected chi connectivity index (χ0v) is 11.6. The van der Waals surface area contributed by atoms with Gasteiger partial charge in [-0.1, -0.05) is 19.8 Å². The summed E-state index contributed by atoms with van der Waals surface area (Å²) in [6, 6.07) is 0. The van der Waals surface area contributed by atoms with Crippen molar-refractivity contribution in [3.8, 4) is 0 Å². The van der Waals surface area contributed by atoms with Crippen LogP contribution in [0.25, 0.3) is 0 Å². The smallest absolute Gasteiger partial charge is 0.127 e. The summed E-state index contributed by atoms with van der Waals surface area (Å²) < 4.78 is 0. The molecule has 2 fully saturated rings. The molecule has 18 heavy (non-hydrogen) atoms. The maximum absolute atomic E-state index is 11.6. The van der Waals surface area contributed by atoms with Crippen molar-refractivity contribution >= 4 is 6.29 Å². The summed E-state index contributed by atoms with van der Waals surface area (Å²) in [6.45, 7) is 5.70. The molecule has 3 nitrogen and oxygen atoms in total. The van der Waals surface area contributed by atoms with Crippen LogP contribution in [0.3, 0.4) is 0 Å². The van der Waals surface area contributed by atoms with Crippen LogP contribution in [0, 0.1) is 17.3 Å². The molecule has 1 heterocycles. The Balaban J connectivity index is 1.89. The molecule has 1 N–H and O–H groups in total. The highest BCUT2D eigenvalue weighted by Gasteiger charge is 2.37. The number of rotatable bonds is 5. The number of hydrogen-bond donors (Lipinski definition) is 1. The van der Waals surface area contributed by atoms with E-state index < -0.39 is 0 Å². The van der Waals surface area contributed by atoms with Crippen LogP contribution >= 0.6 is 0 Å². The van der Waals surface area contributed by atoms with Gasteiger partial charge in [0.1, 0.15) is 6.29 Å². The molecule has 0 aromatic rings. The van der Waals surface area contributed by atoms with Crippen molar-refractivity contribution in [1.82, 2.24) is 4.90 Å². The first-order valence-electron chi connectivity index (χ1n) is 7.47. The molecule has 3 heteroatoms. The van der Waals surface area contributed by atoms with Gasteiger partial charge in [-0.3, -0.25) is 0 Å². The first kappa shape index (κ1) is 14.0. The summed E-state index contributed by atoms with van der Waals surface area (Å²) in [5, 5.41) is 8.99. The second-order valence-electron chi connectivity index (χ2n) is 6.58. The number of carbonyl (C=O) groups excluding carboxylic acids is 1. The molecule has 0 aromatic heterocycles. The molecule has 3 atom stereocenters. The minimum atomic E-state index is -0.0776. The summed E-state index contributed by atoms with van der Waals surface area (Å²) in [6.07, 6.45) is 7.96. The minimum absolute atomic E-state index is 0.0776. The highest BCUT2D eigenvalue weighted by molar-refractivity contribution is 5.60. The Hall–Kier alpha value is -0.410. The molecule has 2 aliphatic rings. The lowest BCUT2D eigenvalue weighted by Crippen LogP contribution is -2.41. The Bertz CT molecular complexity index is 282. The van der Waals surface area contributed by atoms with E-state index in [1.807, 2.05) is 0 Å². The van der Waals surface area contributed by atoms with E-state index in [9.17, 15) is 4.79 Å². The number of aliphatic hydroxyl groups excluding tert-OH is 1. The summed E-state index contributed by atoms with van der Waals surface area (Å²) >= 11 is 0. The van der Waals surface area contributed by atoms with Crippen LogP contribution in [0.15, 0.2) is 0 Å². The van der Waals surface area contributed by atoms with E-state index in [4.69, 9.17) is 5.11 Å². The van der Waals surface area contributed by atoms with E-state index in [2.05, 4.69) is 11.8 Å². The Kier molecular flexibility index (Phi) is 4.79. The highest BCUT2D eigenvalue weighted by atomic mass is 16.3. The van der Waals surface area contributed by atoms with Gasteiger partial charge in [-0.15, -0.1) is 0 Å². The standard InChI is InChI=1S/C15H27NO2/c1-13-3-2-6-15(9-13,12-18)11-16-7-4-14(10-16)5-8-17/h12-14,17H,2-11H2,1H3. The molecule has 1 aliphatic carbocycles. The zero-order valence-electron chi connectivity index (χ0n) is 11.6. The van der Waals surface area contributed by atoms with Gasteiger partial charge >= 0.3 is 0 Å². The third kappa shape index (κ3) is 3.33. The van der Waals surface area contributed by atoms with Crippen LogP contribution in [0.4, 0.5) is 0 Å². The fourth-order valence-corrected chi connectivity index (χ4v) is 3.91. The monoisotopic (exact) mass is 253 g/mol. The predicted octanol–water partition coefficient (Wildman–Crippen LogP) is 2.09. The van der Waals surface area contributed by atoms with Gasteiger partial charge in [0.25, 0.3) is 0 Å². The number of hydrogen-bond acceptors (Lipinski definition) is 3. The lowest BCUT2D eigenvalue weighted by molar-refractivity contribution is -0.119. The van der Waals surface area contributed by atoms with Crippen molar-refractivity contribution in [3.63, 3.8) is 0 Å². The molecular weight excluding hydrogens is 226 g/mol. The largest absolute Gasteiger partial charge is 0.396 e. The average molecular weight is 253 g/mol. The number of likely N-dealkylation sites (tertiary alicyclic amines) is 1. The third-order valence-corrected chi connectivity index (χ3v) is 4.82. The lowest BCUT2D eigenvalue weighted by atomic mass is 9.71. The lowest BCUT2D eigenvalue weighted by Gasteiger charge is -2.38. The van der Waals surface area contributed by atoms with Gasteiger partial charge < -0.3 is 14.8 Å². The number of aldehydes is 1. The van der Waals surface area contributed by atoms with Crippen LogP contribution in [-0.4, -0.2) is 42.5 Å². The normalized spacial score (nSPS) is 37.9. The van der Waals surface area contributed by atoms with Gasteiger partial charge in [-0.25, -0.2) is 0 Å². The molecule has 0 bridgehead atoms. The fourth-order valence-electron chi connectivity index (χ4n) is 3.91. The third-order valence-electron chi connectivity index (χ3n) is 4.82. The fraction of sp³-hybridized carbons (Fsp3) is 0.933. The molecule has 3 unspecified atom stereocenters. The number of nitrogens with zero attached hydrogens (tertiary/aromatic N) is 1. The van der Waals surface area contributed by atoms with Crippen molar-refractivity contribution in [2.24, 2.45) is 17.3 Å². The van der Waals surface area contributed by atoms with Crippen molar-refractivity contribution < 1.29 is 9.90 Å². The number of aliphatic hydroxyl groups is 1. The quantitative estimate of drug-likeness (QED) is 0.763. The van der Waals surface area contributed by atoms with Crippen molar-refractivity contribution in [2.75, 3.05) is 26.2 Å². The van der Waals surface area contributed by atoms with Gasteiger partial charge in [0.15, 0.2) is 0 Å². The summed E-state index contributed by atoms with van der Waals surface area (Å²) in [5.41, 5.74) is -0.0776. The zero-order chi connectivity index (χ0) is 13.0. The van der Waals surface area contributed by atoms with Gasteiger partial charge in [-0.2, -0.15) is 0 Å². The Morgan fingerprint density at radius 1 is 1.44 bits per heavy atom. The second-order valence-corrected chi connectivity index (χ2v) is 6.58. The van der Waals surface area contributed by atoms with E-state index in [1.165, 1.54) is 25.5 Å². The van der Waals surface area contributed by atoms with E-state index in [-0.39, 0.29) is 5.41 Å². The highest BCUT2D eigenvalue weighted by Crippen LogP contribution is 2.39. The second kappa shape index (κ2) is 6.16. The molecule has 0 radical (unpaired) electrons. The molecule has 2 rings (SSSR count). The van der Waals surface area contributed by atoms with Crippen molar-refractivity contribution in [2.45, 2.75) is 45.4 Å². The Morgan fingerprint density at radius 2 is 2.28 bits per heavy atom. The predicted molar refractivity (Wildman–Crippen MR) is 72.4 cm³/mol.